The summed E-state index contributed by atoms with van der Waals surface area (Å²) in [7, 11) is 4.04. The molecule has 0 amide bonds. The molecule has 3 nitrogen and oxygen atoms in total. The summed E-state index contributed by atoms with van der Waals surface area (Å²) in [5.74, 6) is 3.17. The van der Waals surface area contributed by atoms with Crippen molar-refractivity contribution < 1.29 is 0 Å². The molecule has 0 atom stereocenters. The van der Waals surface area contributed by atoms with E-state index in [4.69, 9.17) is 0 Å². The molecule has 0 fully saturated rings. The van der Waals surface area contributed by atoms with Gasteiger partial charge in [0, 0.05) is 31.2 Å². The summed E-state index contributed by atoms with van der Waals surface area (Å²) in [5.41, 5.74) is 2.52. The van der Waals surface area contributed by atoms with Crippen LogP contribution in [0.2, 0.25) is 0 Å². The molecular weight excluding hydrogens is 170 g/mol. The van der Waals surface area contributed by atoms with Crippen LogP contribution < -0.4 is 4.90 Å². The molecule has 12 heavy (non-hydrogen) atoms. The Balaban J connectivity index is 2.49. The van der Waals surface area contributed by atoms with Gasteiger partial charge in [-0.25, -0.2) is 9.97 Å². The predicted octanol–water partition coefficient (Wildman–Crippen LogP) is 1.29. The quantitative estimate of drug-likeness (QED) is 0.653. The largest absolute Gasteiger partial charge is 0.362 e. The van der Waals surface area contributed by atoms with Crippen LogP contribution in [0.3, 0.4) is 0 Å². The van der Waals surface area contributed by atoms with Gasteiger partial charge in [-0.2, -0.15) is 11.8 Å². The first kappa shape index (κ1) is 7.86. The van der Waals surface area contributed by atoms with E-state index in [1.807, 2.05) is 30.8 Å². The topological polar surface area (TPSA) is 29.0 Å². The molecule has 1 aromatic heterocycles. The van der Waals surface area contributed by atoms with Gasteiger partial charge >= 0.3 is 0 Å². The molecule has 0 radical (unpaired) electrons. The van der Waals surface area contributed by atoms with E-state index in [0.29, 0.717) is 0 Å². The molecule has 4 heteroatoms. The van der Waals surface area contributed by atoms with E-state index in [1.165, 1.54) is 11.3 Å². The number of thioether (sulfide) groups is 1. The van der Waals surface area contributed by atoms with E-state index < -0.39 is 0 Å². The zero-order chi connectivity index (χ0) is 8.55. The smallest absolute Gasteiger partial charge is 0.135 e. The Kier molecular flexibility index (Phi) is 1.92. The molecule has 0 aliphatic carbocycles. The van der Waals surface area contributed by atoms with E-state index in [0.717, 1.165) is 17.3 Å². The monoisotopic (exact) mass is 181 g/mol. The van der Waals surface area contributed by atoms with Crippen LogP contribution in [-0.2, 0) is 11.5 Å². The number of anilines is 1. The van der Waals surface area contributed by atoms with Crippen molar-refractivity contribution in [3.05, 3.63) is 17.6 Å². The van der Waals surface area contributed by atoms with Crippen LogP contribution in [0.1, 0.15) is 11.3 Å². The zero-order valence-electron chi connectivity index (χ0n) is 7.24. The highest BCUT2D eigenvalue weighted by molar-refractivity contribution is 7.98. The van der Waals surface area contributed by atoms with Gasteiger partial charge in [-0.3, -0.25) is 0 Å². The first-order valence-corrected chi connectivity index (χ1v) is 5.02. The Bertz CT molecular complexity index is 298. The van der Waals surface area contributed by atoms with Crippen LogP contribution in [0.25, 0.3) is 0 Å². The molecule has 0 unspecified atom stereocenters. The third-order valence-corrected chi connectivity index (χ3v) is 2.89. The number of hydrogen-bond donors (Lipinski definition) is 0. The summed E-state index contributed by atoms with van der Waals surface area (Å²) >= 11 is 1.91. The van der Waals surface area contributed by atoms with Gasteiger partial charge in [0.05, 0.1) is 5.69 Å². The lowest BCUT2D eigenvalue weighted by molar-refractivity contribution is 0.988. The van der Waals surface area contributed by atoms with Crippen molar-refractivity contribution in [1.82, 2.24) is 9.97 Å². The van der Waals surface area contributed by atoms with Crippen molar-refractivity contribution in [3.8, 4) is 0 Å². The number of hydrogen-bond acceptors (Lipinski definition) is 4. The van der Waals surface area contributed by atoms with Crippen LogP contribution in [-0.4, -0.2) is 24.1 Å². The molecule has 64 valence electrons. The van der Waals surface area contributed by atoms with Gasteiger partial charge < -0.3 is 4.90 Å². The maximum absolute atomic E-state index is 4.25. The third kappa shape index (κ3) is 1.16. The Morgan fingerprint density at radius 2 is 2.17 bits per heavy atom. The lowest BCUT2D eigenvalue weighted by atomic mass is 10.2. The summed E-state index contributed by atoms with van der Waals surface area (Å²) in [6.45, 7) is 0. The minimum absolute atomic E-state index is 1.04. The normalized spacial score (nSPS) is 14.5. The summed E-state index contributed by atoms with van der Waals surface area (Å²) in [4.78, 5) is 10.5. The van der Waals surface area contributed by atoms with Crippen molar-refractivity contribution in [3.63, 3.8) is 0 Å². The maximum atomic E-state index is 4.25. The summed E-state index contributed by atoms with van der Waals surface area (Å²) in [6, 6.07) is 0. The molecule has 0 spiro atoms. The van der Waals surface area contributed by atoms with E-state index in [9.17, 15) is 0 Å². The second-order valence-corrected chi connectivity index (χ2v) is 4.00. The standard InChI is InChI=1S/C8H11N3S/c1-11(2)8-6-3-12-4-7(6)9-5-10-8/h5H,3-4H2,1-2H3. The molecule has 0 N–H and O–H groups in total. The Labute approximate surface area is 76.2 Å². The lowest BCUT2D eigenvalue weighted by Gasteiger charge is -2.13. The van der Waals surface area contributed by atoms with Gasteiger partial charge in [0.15, 0.2) is 0 Å². The lowest BCUT2D eigenvalue weighted by Crippen LogP contribution is -2.13. The van der Waals surface area contributed by atoms with Crippen molar-refractivity contribution in [2.24, 2.45) is 0 Å². The molecule has 1 aliphatic rings. The van der Waals surface area contributed by atoms with E-state index >= 15 is 0 Å². The molecule has 1 aromatic rings. The van der Waals surface area contributed by atoms with Crippen molar-refractivity contribution in [2.75, 3.05) is 19.0 Å². The van der Waals surface area contributed by atoms with Crippen LogP contribution in [0, 0.1) is 0 Å². The zero-order valence-corrected chi connectivity index (χ0v) is 8.06. The van der Waals surface area contributed by atoms with Gasteiger partial charge in [0.2, 0.25) is 0 Å². The molecule has 2 rings (SSSR count). The SMILES string of the molecule is CN(C)c1ncnc2c1CSC2. The van der Waals surface area contributed by atoms with Crippen LogP contribution in [0.4, 0.5) is 5.82 Å². The molecule has 1 aliphatic heterocycles. The Hall–Kier alpha value is -0.770. The summed E-state index contributed by atoms with van der Waals surface area (Å²) < 4.78 is 0. The highest BCUT2D eigenvalue weighted by Gasteiger charge is 2.17. The van der Waals surface area contributed by atoms with Gasteiger partial charge in [-0.05, 0) is 0 Å². The van der Waals surface area contributed by atoms with Crippen molar-refractivity contribution in [1.29, 1.82) is 0 Å². The minimum atomic E-state index is 1.04. The third-order valence-electron chi connectivity index (χ3n) is 1.92. The van der Waals surface area contributed by atoms with Gasteiger partial charge in [0.1, 0.15) is 12.1 Å². The van der Waals surface area contributed by atoms with Crippen molar-refractivity contribution in [2.45, 2.75) is 11.5 Å². The Morgan fingerprint density at radius 3 is 2.92 bits per heavy atom. The van der Waals surface area contributed by atoms with Crippen LogP contribution in [0.5, 0.6) is 0 Å². The fourth-order valence-electron chi connectivity index (χ4n) is 1.35. The molecule has 0 saturated heterocycles. The van der Waals surface area contributed by atoms with Gasteiger partial charge in [0.25, 0.3) is 0 Å². The van der Waals surface area contributed by atoms with Crippen LogP contribution >= 0.6 is 11.8 Å². The molecule has 0 bridgehead atoms. The summed E-state index contributed by atoms with van der Waals surface area (Å²) in [5, 5.41) is 0. The first-order valence-electron chi connectivity index (χ1n) is 3.87. The fourth-order valence-corrected chi connectivity index (χ4v) is 2.39. The number of fused-ring (bicyclic) bond motifs is 1. The number of nitrogens with zero attached hydrogens (tertiary/aromatic N) is 3. The van der Waals surface area contributed by atoms with E-state index in [-0.39, 0.29) is 0 Å². The molecule has 0 aromatic carbocycles. The van der Waals surface area contributed by atoms with Crippen molar-refractivity contribution >= 4 is 17.6 Å². The van der Waals surface area contributed by atoms with E-state index in [2.05, 4.69) is 9.97 Å². The van der Waals surface area contributed by atoms with E-state index in [1.54, 1.807) is 6.33 Å². The predicted molar refractivity (Wildman–Crippen MR) is 51.4 cm³/mol. The van der Waals surface area contributed by atoms with Gasteiger partial charge in [-0.15, -0.1) is 0 Å². The Morgan fingerprint density at radius 1 is 1.33 bits per heavy atom. The maximum Gasteiger partial charge on any atom is 0.135 e. The number of rotatable bonds is 1. The molecular formula is C8H11N3S. The average Bonchev–Trinajstić information content (AvgIpc) is 2.49. The van der Waals surface area contributed by atoms with Gasteiger partial charge in [-0.1, -0.05) is 0 Å². The minimum Gasteiger partial charge on any atom is -0.362 e. The summed E-state index contributed by atoms with van der Waals surface area (Å²) in [6.07, 6.45) is 1.65. The number of aromatic nitrogens is 2. The average molecular weight is 181 g/mol. The molecule has 2 heterocycles. The second kappa shape index (κ2) is 2.94. The molecule has 0 saturated carbocycles. The van der Waals surface area contributed by atoms with Crippen LogP contribution in [0.15, 0.2) is 6.33 Å². The highest BCUT2D eigenvalue weighted by atomic mass is 32.2. The highest BCUT2D eigenvalue weighted by Crippen LogP contribution is 2.32. The fraction of sp³-hybridized carbons (Fsp3) is 0.500. The first-order chi connectivity index (χ1) is 5.79. The second-order valence-electron chi connectivity index (χ2n) is 3.01.